The van der Waals surface area contributed by atoms with E-state index in [0.717, 1.165) is 44.3 Å². The van der Waals surface area contributed by atoms with E-state index in [0.29, 0.717) is 0 Å². The van der Waals surface area contributed by atoms with Crippen molar-refractivity contribution in [1.82, 2.24) is 9.97 Å². The summed E-state index contributed by atoms with van der Waals surface area (Å²) < 4.78 is 0. The summed E-state index contributed by atoms with van der Waals surface area (Å²) in [6.45, 7) is 0. The average Bonchev–Trinajstić information content (AvgIpc) is 3.63. The molecule has 2 nitrogen and oxygen atoms in total. The third kappa shape index (κ3) is 5.06. The molecule has 0 saturated heterocycles. The van der Waals surface area contributed by atoms with Crippen molar-refractivity contribution in [3.8, 4) is 44.8 Å². The first kappa shape index (κ1) is 33.5. The maximum atomic E-state index is 5.25. The third-order valence-electron chi connectivity index (χ3n) is 12.5. The fourth-order valence-electron chi connectivity index (χ4n) is 9.89. The molecule has 0 atom stereocenters. The van der Waals surface area contributed by atoms with E-state index in [4.69, 9.17) is 9.97 Å². The highest BCUT2D eigenvalue weighted by molar-refractivity contribution is 6.18. The third-order valence-corrected chi connectivity index (χ3v) is 12.5. The van der Waals surface area contributed by atoms with Gasteiger partial charge in [-0.05, 0) is 84.3 Å². The fourth-order valence-corrected chi connectivity index (χ4v) is 9.89. The number of aromatic nitrogens is 2. The van der Waals surface area contributed by atoms with E-state index in [-0.39, 0.29) is 0 Å². The van der Waals surface area contributed by atoms with Crippen LogP contribution in [0, 0.1) is 0 Å². The molecule has 0 unspecified atom stereocenters. The molecule has 1 aliphatic carbocycles. The quantitative estimate of drug-likeness (QED) is 0.164. The molecule has 274 valence electrons. The molecular formula is C57H36N2. The van der Waals surface area contributed by atoms with Crippen molar-refractivity contribution < 1.29 is 0 Å². The van der Waals surface area contributed by atoms with Gasteiger partial charge in [-0.25, -0.2) is 9.97 Å². The minimum atomic E-state index is -0.489. The van der Waals surface area contributed by atoms with E-state index in [1.54, 1.807) is 0 Å². The summed E-state index contributed by atoms with van der Waals surface area (Å²) >= 11 is 0. The second kappa shape index (κ2) is 13.2. The van der Waals surface area contributed by atoms with Crippen LogP contribution in [-0.4, -0.2) is 9.97 Å². The molecule has 2 heterocycles. The van der Waals surface area contributed by atoms with Gasteiger partial charge in [0.15, 0.2) is 0 Å². The Morgan fingerprint density at radius 2 is 0.814 bits per heavy atom. The Morgan fingerprint density at radius 3 is 1.46 bits per heavy atom. The predicted octanol–water partition coefficient (Wildman–Crippen LogP) is 14.5. The summed E-state index contributed by atoms with van der Waals surface area (Å²) in [7, 11) is 0. The Balaban J connectivity index is 1.03. The Bertz CT molecular complexity index is 3370. The van der Waals surface area contributed by atoms with Crippen LogP contribution in [0.5, 0.6) is 0 Å². The van der Waals surface area contributed by atoms with Crippen molar-refractivity contribution in [3.05, 3.63) is 241 Å². The highest BCUT2D eigenvalue weighted by Gasteiger charge is 2.47. The van der Waals surface area contributed by atoms with Gasteiger partial charge in [0.05, 0.1) is 27.8 Å². The van der Waals surface area contributed by atoms with Gasteiger partial charge in [-0.3, -0.25) is 0 Å². The van der Waals surface area contributed by atoms with Crippen LogP contribution in [0.4, 0.5) is 0 Å². The molecule has 0 amide bonds. The molecule has 59 heavy (non-hydrogen) atoms. The molecule has 12 rings (SSSR count). The summed E-state index contributed by atoms with van der Waals surface area (Å²) in [4.78, 5) is 10.4. The molecule has 2 aromatic heterocycles. The maximum Gasteiger partial charge on any atom is 0.0972 e. The first-order valence-electron chi connectivity index (χ1n) is 20.3. The topological polar surface area (TPSA) is 25.8 Å². The van der Waals surface area contributed by atoms with Crippen LogP contribution in [0.1, 0.15) is 22.3 Å². The molecule has 0 bridgehead atoms. The van der Waals surface area contributed by atoms with Gasteiger partial charge in [-0.1, -0.05) is 200 Å². The standard InChI is InChI=1S/C57H36N2/c1-4-14-38(15-5-1)51-34-31-40-28-29-41-32-35-52(59-56(41)55(40)58-51)39-26-24-37(25-27-39)49-36-42-30-33-48-46-21-12-13-23-50(46)57(43-16-6-2-7-17-43,44-18-8-3-9-19-44)54(48)53(42)47-22-11-10-20-45(47)49/h1-36H. The van der Waals surface area contributed by atoms with Gasteiger partial charge < -0.3 is 0 Å². The van der Waals surface area contributed by atoms with Crippen LogP contribution in [0.15, 0.2) is 218 Å². The fraction of sp³-hybridized carbons (Fsp3) is 0.0175. The summed E-state index contributed by atoms with van der Waals surface area (Å²) in [5.74, 6) is 0. The average molecular weight is 749 g/mol. The molecule has 0 spiro atoms. The minimum Gasteiger partial charge on any atom is -0.245 e. The molecule has 0 N–H and O–H groups in total. The summed E-state index contributed by atoms with van der Waals surface area (Å²) in [6.07, 6.45) is 0. The van der Waals surface area contributed by atoms with Crippen LogP contribution in [0.3, 0.4) is 0 Å². The normalized spacial score (nSPS) is 12.9. The van der Waals surface area contributed by atoms with Crippen molar-refractivity contribution in [3.63, 3.8) is 0 Å². The lowest BCUT2D eigenvalue weighted by molar-refractivity contribution is 0.776. The smallest absolute Gasteiger partial charge is 0.0972 e. The summed E-state index contributed by atoms with van der Waals surface area (Å²) in [5, 5.41) is 7.20. The first-order chi connectivity index (χ1) is 29.3. The number of nitrogens with zero attached hydrogens (tertiary/aromatic N) is 2. The Kier molecular flexibility index (Phi) is 7.48. The molecule has 9 aromatic carbocycles. The van der Waals surface area contributed by atoms with E-state index in [9.17, 15) is 0 Å². The summed E-state index contributed by atoms with van der Waals surface area (Å²) in [5.41, 5.74) is 15.6. The zero-order chi connectivity index (χ0) is 38.9. The number of benzene rings is 9. The van der Waals surface area contributed by atoms with Gasteiger partial charge in [0.25, 0.3) is 0 Å². The Hall–Kier alpha value is -7.68. The molecular weight excluding hydrogens is 713 g/mol. The van der Waals surface area contributed by atoms with E-state index < -0.39 is 5.41 Å². The second-order valence-corrected chi connectivity index (χ2v) is 15.6. The number of hydrogen-bond acceptors (Lipinski definition) is 2. The van der Waals surface area contributed by atoms with Gasteiger partial charge in [0.1, 0.15) is 0 Å². The lowest BCUT2D eigenvalue weighted by Gasteiger charge is -2.35. The molecule has 0 aliphatic heterocycles. The maximum absolute atomic E-state index is 5.25. The number of hydrogen-bond donors (Lipinski definition) is 0. The first-order valence-corrected chi connectivity index (χ1v) is 20.3. The summed E-state index contributed by atoms with van der Waals surface area (Å²) in [6, 6.07) is 79.4. The molecule has 0 radical (unpaired) electrons. The number of pyridine rings is 2. The van der Waals surface area contributed by atoms with Crippen molar-refractivity contribution >= 4 is 43.4 Å². The minimum absolute atomic E-state index is 0.489. The molecule has 1 aliphatic rings. The predicted molar refractivity (Wildman–Crippen MR) is 246 cm³/mol. The lowest BCUT2D eigenvalue weighted by atomic mass is 9.66. The van der Waals surface area contributed by atoms with Crippen LogP contribution in [0.2, 0.25) is 0 Å². The lowest BCUT2D eigenvalue weighted by Crippen LogP contribution is -2.28. The van der Waals surface area contributed by atoms with Gasteiger partial charge >= 0.3 is 0 Å². The SMILES string of the molecule is c1ccc(-c2ccc3ccc4ccc(-c5ccc(-c6cc7ccc8c(c7c7ccccc67)C(c6ccccc6)(c6ccccc6)c6ccccc6-8)cc5)nc4c3n2)cc1. The van der Waals surface area contributed by atoms with Crippen LogP contribution >= 0.6 is 0 Å². The number of fused-ring (bicyclic) bond motifs is 10. The van der Waals surface area contributed by atoms with Crippen molar-refractivity contribution in [2.45, 2.75) is 5.41 Å². The van der Waals surface area contributed by atoms with Crippen LogP contribution in [-0.2, 0) is 5.41 Å². The van der Waals surface area contributed by atoms with Gasteiger partial charge in [0.2, 0.25) is 0 Å². The molecule has 0 saturated carbocycles. The highest BCUT2D eigenvalue weighted by atomic mass is 14.8. The van der Waals surface area contributed by atoms with Crippen molar-refractivity contribution in [2.24, 2.45) is 0 Å². The molecule has 11 aromatic rings. The van der Waals surface area contributed by atoms with Crippen molar-refractivity contribution in [2.75, 3.05) is 0 Å². The van der Waals surface area contributed by atoms with Crippen LogP contribution < -0.4 is 0 Å². The highest BCUT2D eigenvalue weighted by Crippen LogP contribution is 2.59. The Morgan fingerprint density at radius 1 is 0.322 bits per heavy atom. The van der Waals surface area contributed by atoms with Crippen molar-refractivity contribution in [1.29, 1.82) is 0 Å². The second-order valence-electron chi connectivity index (χ2n) is 15.6. The zero-order valence-corrected chi connectivity index (χ0v) is 32.2. The van der Waals surface area contributed by atoms with Gasteiger partial charge in [-0.15, -0.1) is 0 Å². The van der Waals surface area contributed by atoms with E-state index >= 15 is 0 Å². The van der Waals surface area contributed by atoms with E-state index in [2.05, 4.69) is 212 Å². The molecule has 0 fully saturated rings. The molecule has 2 heteroatoms. The van der Waals surface area contributed by atoms with E-state index in [1.807, 2.05) is 6.07 Å². The van der Waals surface area contributed by atoms with Gasteiger partial charge in [0, 0.05) is 21.9 Å². The Labute approximate surface area is 342 Å². The van der Waals surface area contributed by atoms with E-state index in [1.165, 1.54) is 66.1 Å². The largest absolute Gasteiger partial charge is 0.245 e. The van der Waals surface area contributed by atoms with Crippen LogP contribution in [0.25, 0.3) is 88.1 Å². The zero-order valence-electron chi connectivity index (χ0n) is 32.2. The monoisotopic (exact) mass is 748 g/mol. The number of rotatable bonds is 5. The van der Waals surface area contributed by atoms with Gasteiger partial charge in [-0.2, -0.15) is 0 Å².